The molecular weight excluding hydrogens is 234 g/mol. The van der Waals surface area contributed by atoms with Gasteiger partial charge in [-0.3, -0.25) is 0 Å². The van der Waals surface area contributed by atoms with Crippen molar-refractivity contribution in [2.24, 2.45) is 0 Å². The molecule has 5 heteroatoms. The molecule has 98 valence electrons. The number of ether oxygens (including phenoxy) is 3. The maximum Gasteiger partial charge on any atom is 0.343 e. The summed E-state index contributed by atoms with van der Waals surface area (Å²) in [7, 11) is 1.33. The molecule has 0 aliphatic carbocycles. The predicted molar refractivity (Wildman–Crippen MR) is 66.7 cm³/mol. The number of benzene rings is 1. The summed E-state index contributed by atoms with van der Waals surface area (Å²) >= 11 is 0. The Morgan fingerprint density at radius 2 is 2.11 bits per heavy atom. The van der Waals surface area contributed by atoms with Crippen LogP contribution in [0.25, 0.3) is 0 Å². The van der Waals surface area contributed by atoms with Crippen molar-refractivity contribution >= 4 is 11.7 Å². The summed E-state index contributed by atoms with van der Waals surface area (Å²) in [6, 6.07) is 5.15. The smallest absolute Gasteiger partial charge is 0.343 e. The number of anilines is 1. The zero-order valence-corrected chi connectivity index (χ0v) is 10.3. The van der Waals surface area contributed by atoms with Gasteiger partial charge in [0, 0.05) is 18.5 Å². The Balaban J connectivity index is 2.20. The number of esters is 1. The number of carbonyl (C=O) groups is 1. The van der Waals surface area contributed by atoms with Crippen molar-refractivity contribution in [3.8, 4) is 5.75 Å². The average molecular weight is 251 g/mol. The molecular formula is C13H17NO4. The minimum absolute atomic E-state index is 0.0592. The van der Waals surface area contributed by atoms with Gasteiger partial charge in [-0.15, -0.1) is 0 Å². The Labute approximate surface area is 106 Å². The van der Waals surface area contributed by atoms with Gasteiger partial charge in [0.05, 0.1) is 20.3 Å². The van der Waals surface area contributed by atoms with Crippen molar-refractivity contribution < 1.29 is 19.0 Å². The molecule has 1 saturated heterocycles. The number of hydrogen-bond donors (Lipinski definition) is 1. The van der Waals surface area contributed by atoms with Gasteiger partial charge in [0.25, 0.3) is 0 Å². The van der Waals surface area contributed by atoms with Gasteiger partial charge in [-0.1, -0.05) is 6.07 Å². The zero-order valence-electron chi connectivity index (χ0n) is 10.3. The second kappa shape index (κ2) is 5.73. The van der Waals surface area contributed by atoms with Gasteiger partial charge in [0.1, 0.15) is 17.4 Å². The molecule has 0 saturated carbocycles. The van der Waals surface area contributed by atoms with Crippen LogP contribution in [-0.2, 0) is 9.47 Å². The molecule has 0 atom stereocenters. The summed E-state index contributed by atoms with van der Waals surface area (Å²) < 4.78 is 15.8. The highest BCUT2D eigenvalue weighted by Crippen LogP contribution is 2.27. The number of methoxy groups -OCH3 is 1. The van der Waals surface area contributed by atoms with E-state index in [9.17, 15) is 4.79 Å². The molecule has 0 aromatic heterocycles. The number of nitrogens with two attached hydrogens (primary N) is 1. The van der Waals surface area contributed by atoms with Crippen molar-refractivity contribution in [2.45, 2.75) is 18.9 Å². The van der Waals surface area contributed by atoms with E-state index in [0.717, 1.165) is 12.8 Å². The minimum Gasteiger partial charge on any atom is -0.489 e. The number of hydrogen-bond acceptors (Lipinski definition) is 5. The van der Waals surface area contributed by atoms with Crippen LogP contribution in [0.3, 0.4) is 0 Å². The van der Waals surface area contributed by atoms with E-state index in [0.29, 0.717) is 30.2 Å². The molecule has 1 fully saturated rings. The molecule has 0 radical (unpaired) electrons. The van der Waals surface area contributed by atoms with Gasteiger partial charge in [0.2, 0.25) is 0 Å². The van der Waals surface area contributed by atoms with Gasteiger partial charge >= 0.3 is 5.97 Å². The minimum atomic E-state index is -0.477. The molecule has 0 unspecified atom stereocenters. The quantitative estimate of drug-likeness (QED) is 0.653. The largest absolute Gasteiger partial charge is 0.489 e. The fraction of sp³-hybridized carbons (Fsp3) is 0.462. The van der Waals surface area contributed by atoms with Gasteiger partial charge in [-0.05, 0) is 12.1 Å². The van der Waals surface area contributed by atoms with E-state index in [1.807, 2.05) is 0 Å². The summed E-state index contributed by atoms with van der Waals surface area (Å²) in [5.74, 6) is 0.00362. The highest BCUT2D eigenvalue weighted by Gasteiger charge is 2.21. The van der Waals surface area contributed by atoms with E-state index in [4.69, 9.17) is 19.9 Å². The van der Waals surface area contributed by atoms with Crippen LogP contribution in [0, 0.1) is 0 Å². The SMILES string of the molecule is COC(=O)c1c(N)cccc1OC1CCOCC1. The van der Waals surface area contributed by atoms with E-state index in [2.05, 4.69) is 0 Å². The van der Waals surface area contributed by atoms with Crippen LogP contribution in [0.15, 0.2) is 18.2 Å². The lowest BCUT2D eigenvalue weighted by Gasteiger charge is -2.24. The van der Waals surface area contributed by atoms with Gasteiger partial charge in [-0.2, -0.15) is 0 Å². The van der Waals surface area contributed by atoms with Gasteiger partial charge < -0.3 is 19.9 Å². The lowest BCUT2D eigenvalue weighted by atomic mass is 10.1. The van der Waals surface area contributed by atoms with Crippen LogP contribution < -0.4 is 10.5 Å². The molecule has 1 heterocycles. The third-order valence-corrected chi connectivity index (χ3v) is 2.91. The second-order valence-electron chi connectivity index (χ2n) is 4.14. The van der Waals surface area contributed by atoms with E-state index in [-0.39, 0.29) is 6.10 Å². The first kappa shape index (κ1) is 12.7. The van der Waals surface area contributed by atoms with E-state index in [1.54, 1.807) is 18.2 Å². The lowest BCUT2D eigenvalue weighted by molar-refractivity contribution is 0.0246. The summed E-state index contributed by atoms with van der Waals surface area (Å²) in [6.45, 7) is 1.36. The maximum atomic E-state index is 11.7. The molecule has 1 aliphatic rings. The molecule has 2 rings (SSSR count). The number of rotatable bonds is 3. The third kappa shape index (κ3) is 2.73. The molecule has 0 amide bonds. The summed E-state index contributed by atoms with van der Waals surface area (Å²) in [5.41, 5.74) is 6.46. The predicted octanol–water partition coefficient (Wildman–Crippen LogP) is 1.61. The first-order chi connectivity index (χ1) is 8.72. The van der Waals surface area contributed by atoms with Gasteiger partial charge in [-0.25, -0.2) is 4.79 Å². The number of carbonyl (C=O) groups excluding carboxylic acids is 1. The standard InChI is InChI=1S/C13H17NO4/c1-16-13(15)12-10(14)3-2-4-11(12)18-9-5-7-17-8-6-9/h2-4,9H,5-8,14H2,1H3. The van der Waals surface area contributed by atoms with E-state index >= 15 is 0 Å². The van der Waals surface area contributed by atoms with E-state index in [1.165, 1.54) is 7.11 Å². The highest BCUT2D eigenvalue weighted by atomic mass is 16.5. The molecule has 5 nitrogen and oxygen atoms in total. The van der Waals surface area contributed by atoms with Crippen LogP contribution in [0.5, 0.6) is 5.75 Å². The Morgan fingerprint density at radius 3 is 2.78 bits per heavy atom. The topological polar surface area (TPSA) is 70.8 Å². The lowest BCUT2D eigenvalue weighted by Crippen LogP contribution is -2.26. The second-order valence-corrected chi connectivity index (χ2v) is 4.14. The van der Waals surface area contributed by atoms with Crippen LogP contribution >= 0.6 is 0 Å². The first-order valence-electron chi connectivity index (χ1n) is 5.93. The summed E-state index contributed by atoms with van der Waals surface area (Å²) in [4.78, 5) is 11.7. The van der Waals surface area contributed by atoms with Crippen LogP contribution in [0.4, 0.5) is 5.69 Å². The molecule has 0 bridgehead atoms. The van der Waals surface area contributed by atoms with Crippen LogP contribution in [-0.4, -0.2) is 32.4 Å². The van der Waals surface area contributed by atoms with Crippen molar-refractivity contribution in [1.82, 2.24) is 0 Å². The monoisotopic (exact) mass is 251 g/mol. The van der Waals surface area contributed by atoms with Gasteiger partial charge in [0.15, 0.2) is 0 Å². The van der Waals surface area contributed by atoms with Crippen molar-refractivity contribution in [1.29, 1.82) is 0 Å². The van der Waals surface area contributed by atoms with Crippen LogP contribution in [0.1, 0.15) is 23.2 Å². The van der Waals surface area contributed by atoms with Crippen molar-refractivity contribution in [3.05, 3.63) is 23.8 Å². The zero-order chi connectivity index (χ0) is 13.0. The Kier molecular flexibility index (Phi) is 4.04. The van der Waals surface area contributed by atoms with Crippen molar-refractivity contribution in [2.75, 3.05) is 26.1 Å². The molecule has 0 spiro atoms. The Hall–Kier alpha value is -1.75. The Bertz CT molecular complexity index is 427. The first-order valence-corrected chi connectivity index (χ1v) is 5.93. The third-order valence-electron chi connectivity index (χ3n) is 2.91. The molecule has 1 aromatic carbocycles. The fourth-order valence-corrected chi connectivity index (χ4v) is 1.94. The maximum absolute atomic E-state index is 11.7. The Morgan fingerprint density at radius 1 is 1.39 bits per heavy atom. The number of nitrogen functional groups attached to an aromatic ring is 1. The summed E-state index contributed by atoms with van der Waals surface area (Å²) in [6.07, 6.45) is 1.69. The van der Waals surface area contributed by atoms with Crippen LogP contribution in [0.2, 0.25) is 0 Å². The average Bonchev–Trinajstić information content (AvgIpc) is 2.39. The van der Waals surface area contributed by atoms with E-state index < -0.39 is 5.97 Å². The molecule has 1 aromatic rings. The van der Waals surface area contributed by atoms with Crippen molar-refractivity contribution in [3.63, 3.8) is 0 Å². The highest BCUT2D eigenvalue weighted by molar-refractivity contribution is 5.98. The molecule has 18 heavy (non-hydrogen) atoms. The molecule has 1 aliphatic heterocycles. The normalized spacial score (nSPS) is 16.3. The fourth-order valence-electron chi connectivity index (χ4n) is 1.94. The molecule has 2 N–H and O–H groups in total. The summed E-state index contributed by atoms with van der Waals surface area (Å²) in [5, 5.41) is 0.